The van der Waals surface area contributed by atoms with Crippen LogP contribution < -0.4 is 22.2 Å². The van der Waals surface area contributed by atoms with E-state index in [1.165, 1.54) is 33.6 Å². The number of nitrogen functional groups attached to an aromatic ring is 1. The monoisotopic (exact) mass is 668 g/mol. The number of rotatable bonds is 6. The maximum absolute atomic E-state index is 12.2. The fourth-order valence-electron chi connectivity index (χ4n) is 4.78. The molecule has 0 saturated carbocycles. The van der Waals surface area contributed by atoms with E-state index >= 15 is 0 Å². The normalized spacial score (nSPS) is 28.1. The number of aromatic amines is 2. The SMILES string of the molecule is CC(C)C(=O)Nc1nc2c(ncn2[C@@H]2S[C@H](CO)[C@@H](O)[C@H]2O)c(=O)[nH]1.Nc1nc2c(ncn2[C@@H]2S[C@H](CO)[C@@H](O)[C@H]2O)c(=O)[nH]1. The highest BCUT2D eigenvalue weighted by Crippen LogP contribution is 2.43. The molecule has 0 unspecified atom stereocenters. The zero-order valence-corrected chi connectivity index (χ0v) is 25.4. The van der Waals surface area contributed by atoms with Crippen LogP contribution in [0.15, 0.2) is 22.2 Å². The Bertz CT molecular complexity index is 1810. The minimum Gasteiger partial charge on any atom is -0.395 e. The van der Waals surface area contributed by atoms with E-state index in [0.29, 0.717) is 0 Å². The molecule has 2 saturated heterocycles. The Morgan fingerprint density at radius 1 is 0.867 bits per heavy atom. The van der Waals surface area contributed by atoms with Crippen molar-refractivity contribution >= 4 is 63.7 Å². The first kappa shape index (κ1) is 32.8. The van der Waals surface area contributed by atoms with Gasteiger partial charge < -0.3 is 36.4 Å². The second-order valence-electron chi connectivity index (χ2n) is 10.6. The molecule has 2 fully saturated rings. The number of hydrogen-bond donors (Lipinski definition) is 10. The van der Waals surface area contributed by atoms with Gasteiger partial charge in [-0.05, 0) is 0 Å². The first-order valence-electron chi connectivity index (χ1n) is 13.6. The molecule has 6 rings (SSSR count). The average molecular weight is 669 g/mol. The predicted molar refractivity (Wildman–Crippen MR) is 163 cm³/mol. The smallest absolute Gasteiger partial charge is 0.280 e. The number of aliphatic hydroxyl groups is 6. The van der Waals surface area contributed by atoms with Gasteiger partial charge in [0.05, 0.1) is 48.6 Å². The summed E-state index contributed by atoms with van der Waals surface area (Å²) in [5.74, 6) is -0.672. The van der Waals surface area contributed by atoms with Gasteiger partial charge in [-0.25, -0.2) is 9.97 Å². The molecule has 4 aromatic heterocycles. The molecule has 8 atom stereocenters. The Labute approximate surface area is 260 Å². The molecule has 244 valence electrons. The van der Waals surface area contributed by atoms with Gasteiger partial charge in [0.25, 0.3) is 11.1 Å². The van der Waals surface area contributed by atoms with Crippen molar-refractivity contribution in [3.05, 3.63) is 33.4 Å². The minimum absolute atomic E-state index is 0.0188. The molecular weight excluding hydrogens is 636 g/mol. The lowest BCUT2D eigenvalue weighted by molar-refractivity contribution is -0.118. The molecule has 4 aromatic rings. The van der Waals surface area contributed by atoms with Crippen LogP contribution in [0.25, 0.3) is 22.3 Å². The fraction of sp³-hybridized carbons (Fsp3) is 0.542. The van der Waals surface area contributed by atoms with Crippen LogP contribution in [0, 0.1) is 5.92 Å². The lowest BCUT2D eigenvalue weighted by Crippen LogP contribution is -2.32. The van der Waals surface area contributed by atoms with Crippen molar-refractivity contribution in [3.8, 4) is 0 Å². The molecule has 0 radical (unpaired) electrons. The summed E-state index contributed by atoms with van der Waals surface area (Å²) in [4.78, 5) is 56.6. The highest BCUT2D eigenvalue weighted by atomic mass is 32.2. The molecular formula is C24H32N10O9S2. The molecule has 2 aliphatic heterocycles. The van der Waals surface area contributed by atoms with Gasteiger partial charge in [-0.1, -0.05) is 13.8 Å². The van der Waals surface area contributed by atoms with E-state index in [-0.39, 0.29) is 59.3 Å². The van der Waals surface area contributed by atoms with E-state index in [1.807, 2.05) is 0 Å². The van der Waals surface area contributed by atoms with Gasteiger partial charge in [0.1, 0.15) is 23.0 Å². The number of fused-ring (bicyclic) bond motifs is 2. The van der Waals surface area contributed by atoms with Crippen molar-refractivity contribution in [3.63, 3.8) is 0 Å². The molecule has 1 amide bonds. The first-order chi connectivity index (χ1) is 21.4. The Hall–Kier alpha value is -3.57. The quantitative estimate of drug-likeness (QED) is 0.0983. The van der Waals surface area contributed by atoms with Crippen LogP contribution in [0.5, 0.6) is 0 Å². The molecule has 45 heavy (non-hydrogen) atoms. The second-order valence-corrected chi connectivity index (χ2v) is 13.3. The number of nitrogens with one attached hydrogen (secondary N) is 3. The lowest BCUT2D eigenvalue weighted by Gasteiger charge is -2.17. The molecule has 0 aromatic carbocycles. The van der Waals surface area contributed by atoms with Crippen molar-refractivity contribution < 1.29 is 35.4 Å². The van der Waals surface area contributed by atoms with Crippen molar-refractivity contribution in [2.75, 3.05) is 24.3 Å². The van der Waals surface area contributed by atoms with E-state index in [1.54, 1.807) is 13.8 Å². The Kier molecular flexibility index (Phi) is 9.51. The van der Waals surface area contributed by atoms with Crippen LogP contribution in [0.2, 0.25) is 0 Å². The van der Waals surface area contributed by atoms with Crippen molar-refractivity contribution in [2.45, 2.75) is 59.5 Å². The molecule has 2 aliphatic rings. The molecule has 6 heterocycles. The van der Waals surface area contributed by atoms with Gasteiger partial charge in [-0.2, -0.15) is 9.97 Å². The fourth-order valence-corrected chi connectivity index (χ4v) is 7.53. The summed E-state index contributed by atoms with van der Waals surface area (Å²) >= 11 is 2.35. The molecule has 21 heteroatoms. The molecule has 19 nitrogen and oxygen atoms in total. The maximum Gasteiger partial charge on any atom is 0.280 e. The third-order valence-corrected chi connectivity index (χ3v) is 10.4. The largest absolute Gasteiger partial charge is 0.395 e. The number of anilines is 2. The number of nitrogens with two attached hydrogens (primary N) is 1. The number of aromatic nitrogens is 8. The maximum atomic E-state index is 12.2. The average Bonchev–Trinajstić information content (AvgIpc) is 3.75. The van der Waals surface area contributed by atoms with Crippen LogP contribution in [0.1, 0.15) is 24.6 Å². The molecule has 0 spiro atoms. The lowest BCUT2D eigenvalue weighted by atomic mass is 10.1. The van der Waals surface area contributed by atoms with E-state index in [2.05, 4.69) is 35.2 Å². The predicted octanol–water partition coefficient (Wildman–Crippen LogP) is -2.93. The van der Waals surface area contributed by atoms with Crippen LogP contribution >= 0.6 is 23.5 Å². The Balaban J connectivity index is 0.000000182. The van der Waals surface area contributed by atoms with Crippen molar-refractivity contribution in [1.29, 1.82) is 0 Å². The number of aliphatic hydroxyl groups excluding tert-OH is 6. The Morgan fingerprint density at radius 2 is 1.33 bits per heavy atom. The summed E-state index contributed by atoms with van der Waals surface area (Å²) in [6.07, 6.45) is -1.73. The van der Waals surface area contributed by atoms with Crippen LogP contribution in [-0.2, 0) is 4.79 Å². The Morgan fingerprint density at radius 3 is 1.78 bits per heavy atom. The summed E-state index contributed by atoms with van der Waals surface area (Å²) in [5, 5.41) is 58.7. The van der Waals surface area contributed by atoms with Gasteiger partial charge in [0, 0.05) is 5.92 Å². The zero-order chi connectivity index (χ0) is 32.7. The van der Waals surface area contributed by atoms with E-state index in [4.69, 9.17) is 10.8 Å². The number of carbonyl (C=O) groups is 1. The summed E-state index contributed by atoms with van der Waals surface area (Å²) in [6, 6.07) is 0. The summed E-state index contributed by atoms with van der Waals surface area (Å²) < 4.78 is 2.94. The van der Waals surface area contributed by atoms with Crippen molar-refractivity contribution in [1.82, 2.24) is 39.0 Å². The van der Waals surface area contributed by atoms with Crippen LogP contribution in [-0.4, -0.2) is 124 Å². The number of imidazole rings is 2. The second kappa shape index (κ2) is 13.0. The number of H-pyrrole nitrogens is 2. The number of nitrogens with zero attached hydrogens (tertiary/aromatic N) is 6. The minimum atomic E-state index is -1.16. The third-order valence-electron chi connectivity index (χ3n) is 7.23. The van der Waals surface area contributed by atoms with Gasteiger partial charge >= 0.3 is 0 Å². The molecule has 0 bridgehead atoms. The van der Waals surface area contributed by atoms with E-state index in [0.717, 1.165) is 11.8 Å². The van der Waals surface area contributed by atoms with Gasteiger partial charge in [0.2, 0.25) is 17.8 Å². The number of carbonyl (C=O) groups excluding carboxylic acids is 1. The van der Waals surface area contributed by atoms with Crippen molar-refractivity contribution in [2.24, 2.45) is 5.92 Å². The standard InChI is InChI=1S/C14H19N5O5S.C10H13N5O4S/c1-5(2)11(23)17-14-16-10-7(12(24)18-14)15-4-19(10)13-9(22)8(21)6(3-20)25-13;11-10-13-7-4(8(19)14-10)12-2-15(7)9-6(18)5(17)3(1-16)20-9/h4-6,8-9,13,20-22H,3H2,1-2H3,(H2,16,17,18,23,24);2-3,5-6,9,16-18H,1H2,(H3,11,13,14,19)/t6-,8-,9-,13-;3-,5-,6-,9-/m11/s1. The molecule has 11 N–H and O–H groups in total. The summed E-state index contributed by atoms with van der Waals surface area (Å²) in [6.45, 7) is 2.86. The zero-order valence-electron chi connectivity index (χ0n) is 23.8. The third kappa shape index (κ3) is 6.16. The van der Waals surface area contributed by atoms with E-state index in [9.17, 15) is 39.9 Å². The van der Waals surface area contributed by atoms with Gasteiger partial charge in [0.15, 0.2) is 22.3 Å². The summed E-state index contributed by atoms with van der Waals surface area (Å²) in [7, 11) is 0. The van der Waals surface area contributed by atoms with Gasteiger partial charge in [-0.3, -0.25) is 38.8 Å². The number of thioether (sulfide) groups is 2. The van der Waals surface area contributed by atoms with E-state index < -0.39 is 56.8 Å². The summed E-state index contributed by atoms with van der Waals surface area (Å²) in [5.41, 5.74) is 5.06. The highest BCUT2D eigenvalue weighted by Gasteiger charge is 2.44. The van der Waals surface area contributed by atoms with Crippen LogP contribution in [0.4, 0.5) is 11.9 Å². The number of hydrogen-bond acceptors (Lipinski definition) is 16. The topological polar surface area (TPSA) is 304 Å². The first-order valence-corrected chi connectivity index (χ1v) is 15.5. The number of amides is 1. The highest BCUT2D eigenvalue weighted by molar-refractivity contribution is 8.00. The van der Waals surface area contributed by atoms with Gasteiger partial charge in [-0.15, -0.1) is 23.5 Å². The van der Waals surface area contributed by atoms with Crippen LogP contribution in [0.3, 0.4) is 0 Å². The molecule has 0 aliphatic carbocycles.